The van der Waals surface area contributed by atoms with Crippen molar-refractivity contribution in [3.05, 3.63) is 70.9 Å². The third-order valence-electron chi connectivity index (χ3n) is 4.82. The molecule has 1 N–H and O–H groups in total. The van der Waals surface area contributed by atoms with Crippen LogP contribution >= 0.6 is 11.3 Å². The number of hydrogen-bond acceptors (Lipinski definition) is 7. The Labute approximate surface area is 186 Å². The first-order valence-corrected chi connectivity index (χ1v) is 10.8. The number of methoxy groups -OCH3 is 2. The van der Waals surface area contributed by atoms with Gasteiger partial charge in [0, 0.05) is 34.4 Å². The zero-order chi connectivity index (χ0) is 21.8. The molecule has 0 aliphatic rings. The van der Waals surface area contributed by atoms with Crippen molar-refractivity contribution in [2.24, 2.45) is 0 Å². The molecule has 2 heterocycles. The molecule has 0 aliphatic carbocycles. The van der Waals surface area contributed by atoms with E-state index in [1.165, 1.54) is 0 Å². The molecule has 6 nitrogen and oxygen atoms in total. The summed E-state index contributed by atoms with van der Waals surface area (Å²) in [5.41, 5.74) is 6.07. The van der Waals surface area contributed by atoms with Gasteiger partial charge in [-0.15, -0.1) is 11.3 Å². The number of rotatable bonds is 7. The standard InChI is InChI=1S/C24H24N4O2S/c1-15-11-16(2)27-24(26-15)25-13-17-5-7-18(8-6-17)23-28-20(14-31-23)19-9-10-21(29-3)22(12-19)30-4/h5-12,14H,13H2,1-4H3,(H,25,26,27). The first-order chi connectivity index (χ1) is 15.1. The van der Waals surface area contributed by atoms with E-state index in [0.717, 1.165) is 38.8 Å². The summed E-state index contributed by atoms with van der Waals surface area (Å²) in [6, 6.07) is 16.2. The summed E-state index contributed by atoms with van der Waals surface area (Å²) >= 11 is 1.62. The minimum Gasteiger partial charge on any atom is -0.493 e. The second-order valence-electron chi connectivity index (χ2n) is 7.13. The molecule has 2 aromatic heterocycles. The maximum absolute atomic E-state index is 5.41. The second kappa shape index (κ2) is 9.14. The number of anilines is 1. The smallest absolute Gasteiger partial charge is 0.223 e. The summed E-state index contributed by atoms with van der Waals surface area (Å²) in [5.74, 6) is 2.05. The molecule has 0 fully saturated rings. The van der Waals surface area contributed by atoms with Crippen LogP contribution in [0.3, 0.4) is 0 Å². The number of thiazole rings is 1. The molecule has 31 heavy (non-hydrogen) atoms. The lowest BCUT2D eigenvalue weighted by atomic mass is 10.1. The zero-order valence-corrected chi connectivity index (χ0v) is 18.8. The largest absolute Gasteiger partial charge is 0.493 e. The van der Waals surface area contributed by atoms with E-state index in [-0.39, 0.29) is 0 Å². The summed E-state index contributed by atoms with van der Waals surface area (Å²) in [4.78, 5) is 13.7. The van der Waals surface area contributed by atoms with Crippen LogP contribution in [-0.2, 0) is 6.54 Å². The zero-order valence-electron chi connectivity index (χ0n) is 18.0. The average molecular weight is 433 g/mol. The van der Waals surface area contributed by atoms with E-state index in [1.54, 1.807) is 25.6 Å². The fourth-order valence-corrected chi connectivity index (χ4v) is 4.12. The lowest BCUT2D eigenvalue weighted by Gasteiger charge is -2.08. The highest BCUT2D eigenvalue weighted by Gasteiger charge is 2.10. The predicted molar refractivity (Wildman–Crippen MR) is 125 cm³/mol. The Kier molecular flexibility index (Phi) is 6.13. The average Bonchev–Trinajstić information content (AvgIpc) is 3.27. The summed E-state index contributed by atoms with van der Waals surface area (Å²) in [5, 5.41) is 6.32. The molecule has 0 amide bonds. The lowest BCUT2D eigenvalue weighted by Crippen LogP contribution is -2.05. The Bertz CT molecular complexity index is 1170. The van der Waals surface area contributed by atoms with Gasteiger partial charge in [0.25, 0.3) is 0 Å². The van der Waals surface area contributed by atoms with E-state index in [0.29, 0.717) is 24.0 Å². The van der Waals surface area contributed by atoms with Gasteiger partial charge in [-0.05, 0) is 43.7 Å². The third-order valence-corrected chi connectivity index (χ3v) is 5.71. The minimum absolute atomic E-state index is 0.654. The second-order valence-corrected chi connectivity index (χ2v) is 7.99. The highest BCUT2D eigenvalue weighted by molar-refractivity contribution is 7.13. The van der Waals surface area contributed by atoms with Crippen LogP contribution in [-0.4, -0.2) is 29.2 Å². The quantitative estimate of drug-likeness (QED) is 0.415. The van der Waals surface area contributed by atoms with Gasteiger partial charge in [-0.2, -0.15) is 0 Å². The van der Waals surface area contributed by atoms with Crippen LogP contribution in [0.4, 0.5) is 5.95 Å². The van der Waals surface area contributed by atoms with Gasteiger partial charge in [0.1, 0.15) is 5.01 Å². The topological polar surface area (TPSA) is 69.2 Å². The predicted octanol–water partition coefficient (Wildman–Crippen LogP) is 5.51. The molecule has 0 aliphatic heterocycles. The van der Waals surface area contributed by atoms with Crippen LogP contribution in [0, 0.1) is 13.8 Å². The summed E-state index contributed by atoms with van der Waals surface area (Å²) < 4.78 is 10.7. The first-order valence-electron chi connectivity index (χ1n) is 9.89. The molecular formula is C24H24N4O2S. The molecule has 0 saturated heterocycles. The fraction of sp³-hybridized carbons (Fsp3) is 0.208. The number of aromatic nitrogens is 3. The van der Waals surface area contributed by atoms with Gasteiger partial charge in [0.05, 0.1) is 19.9 Å². The van der Waals surface area contributed by atoms with Crippen molar-refractivity contribution in [3.63, 3.8) is 0 Å². The van der Waals surface area contributed by atoms with E-state index in [1.807, 2.05) is 38.1 Å². The Balaban J connectivity index is 1.47. The molecule has 4 rings (SSSR count). The van der Waals surface area contributed by atoms with Gasteiger partial charge in [-0.3, -0.25) is 0 Å². The van der Waals surface area contributed by atoms with Crippen LogP contribution in [0.15, 0.2) is 53.9 Å². The normalized spacial score (nSPS) is 10.7. The van der Waals surface area contributed by atoms with Gasteiger partial charge >= 0.3 is 0 Å². The molecule has 0 bridgehead atoms. The van der Waals surface area contributed by atoms with Gasteiger partial charge < -0.3 is 14.8 Å². The number of aryl methyl sites for hydroxylation is 2. The summed E-state index contributed by atoms with van der Waals surface area (Å²) in [7, 11) is 3.27. The van der Waals surface area contributed by atoms with Crippen LogP contribution in [0.5, 0.6) is 11.5 Å². The van der Waals surface area contributed by atoms with Gasteiger partial charge in [0.2, 0.25) is 5.95 Å². The number of nitrogens with zero attached hydrogens (tertiary/aromatic N) is 3. The Morgan fingerprint density at radius 2 is 1.48 bits per heavy atom. The van der Waals surface area contributed by atoms with Crippen LogP contribution in [0.2, 0.25) is 0 Å². The molecule has 158 valence electrons. The first kappa shape index (κ1) is 20.8. The van der Waals surface area contributed by atoms with E-state index in [4.69, 9.17) is 14.5 Å². The molecule has 7 heteroatoms. The van der Waals surface area contributed by atoms with Crippen molar-refractivity contribution in [2.45, 2.75) is 20.4 Å². The van der Waals surface area contributed by atoms with E-state index in [9.17, 15) is 0 Å². The molecule has 0 spiro atoms. The van der Waals surface area contributed by atoms with Crippen LogP contribution in [0.1, 0.15) is 17.0 Å². The van der Waals surface area contributed by atoms with E-state index in [2.05, 4.69) is 44.9 Å². The molecule has 0 radical (unpaired) electrons. The number of hydrogen-bond donors (Lipinski definition) is 1. The molecule has 0 saturated carbocycles. The minimum atomic E-state index is 0.654. The SMILES string of the molecule is COc1ccc(-c2csc(-c3ccc(CNc4nc(C)cc(C)n4)cc3)n2)cc1OC. The molecule has 2 aromatic carbocycles. The maximum Gasteiger partial charge on any atom is 0.223 e. The maximum atomic E-state index is 5.41. The number of benzene rings is 2. The third kappa shape index (κ3) is 4.83. The van der Waals surface area contributed by atoms with Gasteiger partial charge in [0.15, 0.2) is 11.5 Å². The lowest BCUT2D eigenvalue weighted by molar-refractivity contribution is 0.355. The van der Waals surface area contributed by atoms with Crippen molar-refractivity contribution in [2.75, 3.05) is 19.5 Å². The van der Waals surface area contributed by atoms with E-state index >= 15 is 0 Å². The molecule has 0 unspecified atom stereocenters. The van der Waals surface area contributed by atoms with Crippen molar-refractivity contribution < 1.29 is 9.47 Å². The molecular weight excluding hydrogens is 408 g/mol. The fourth-order valence-electron chi connectivity index (χ4n) is 3.29. The van der Waals surface area contributed by atoms with Crippen molar-refractivity contribution in [3.8, 4) is 33.3 Å². The van der Waals surface area contributed by atoms with Crippen molar-refractivity contribution in [1.29, 1.82) is 0 Å². The van der Waals surface area contributed by atoms with Crippen LogP contribution < -0.4 is 14.8 Å². The highest BCUT2D eigenvalue weighted by atomic mass is 32.1. The van der Waals surface area contributed by atoms with Crippen LogP contribution in [0.25, 0.3) is 21.8 Å². The molecule has 0 atom stereocenters. The Hall–Kier alpha value is -3.45. The summed E-state index contributed by atoms with van der Waals surface area (Å²) in [6.07, 6.45) is 0. The Morgan fingerprint density at radius 3 is 2.16 bits per heavy atom. The summed E-state index contributed by atoms with van der Waals surface area (Å²) in [6.45, 7) is 4.61. The van der Waals surface area contributed by atoms with Gasteiger partial charge in [-0.25, -0.2) is 15.0 Å². The Morgan fingerprint density at radius 1 is 0.806 bits per heavy atom. The van der Waals surface area contributed by atoms with Gasteiger partial charge in [-0.1, -0.05) is 24.3 Å². The molecule has 4 aromatic rings. The number of ether oxygens (including phenoxy) is 2. The van der Waals surface area contributed by atoms with E-state index < -0.39 is 0 Å². The monoisotopic (exact) mass is 432 g/mol. The van der Waals surface area contributed by atoms with Crippen molar-refractivity contribution >= 4 is 17.3 Å². The highest BCUT2D eigenvalue weighted by Crippen LogP contribution is 2.34. The number of nitrogens with one attached hydrogen (secondary N) is 1. The van der Waals surface area contributed by atoms with Crippen molar-refractivity contribution in [1.82, 2.24) is 15.0 Å².